The summed E-state index contributed by atoms with van der Waals surface area (Å²) in [5.74, 6) is -0.933. The van der Waals surface area contributed by atoms with Crippen LogP contribution in [0.5, 0.6) is 0 Å². The lowest BCUT2D eigenvalue weighted by Crippen LogP contribution is -2.46. The topological polar surface area (TPSA) is 87.6 Å². The summed E-state index contributed by atoms with van der Waals surface area (Å²) in [6, 6.07) is 5.74. The SMILES string of the molecule is Cc1cnc2c(S(=O)(=O)N3C(C(=O)O)CC4CCCCC43)cccc2c1. The molecule has 1 saturated carbocycles. The number of aliphatic carboxylic acids is 1. The standard InChI is InChI=1S/C19H22N2O4S/c1-12-9-14-6-4-8-17(18(14)20-11-12)26(24,25)21-15-7-3-2-5-13(15)10-16(21)19(22)23/h4,6,8-9,11,13,15-16H,2-3,5,7,10H2,1H3,(H,22,23). The lowest BCUT2D eigenvalue weighted by molar-refractivity contribution is -0.141. The van der Waals surface area contributed by atoms with Gasteiger partial charge in [-0.3, -0.25) is 9.78 Å². The minimum absolute atomic E-state index is 0.104. The second-order valence-corrected chi connectivity index (χ2v) is 9.19. The lowest BCUT2D eigenvalue weighted by atomic mass is 9.85. The van der Waals surface area contributed by atoms with Gasteiger partial charge in [-0.25, -0.2) is 8.42 Å². The van der Waals surface area contributed by atoms with Crippen molar-refractivity contribution >= 4 is 26.9 Å². The zero-order valence-electron chi connectivity index (χ0n) is 14.6. The molecule has 1 saturated heterocycles. The van der Waals surface area contributed by atoms with Gasteiger partial charge in [-0.05, 0) is 49.8 Å². The molecule has 7 heteroatoms. The fourth-order valence-electron chi connectivity index (χ4n) is 4.54. The van der Waals surface area contributed by atoms with Crippen molar-refractivity contribution in [3.05, 3.63) is 36.0 Å². The van der Waals surface area contributed by atoms with Gasteiger partial charge in [-0.1, -0.05) is 25.0 Å². The molecule has 0 amide bonds. The fourth-order valence-corrected chi connectivity index (χ4v) is 6.58. The van der Waals surface area contributed by atoms with Gasteiger partial charge in [-0.2, -0.15) is 4.31 Å². The van der Waals surface area contributed by atoms with Crippen molar-refractivity contribution < 1.29 is 18.3 Å². The molecule has 1 aliphatic carbocycles. The predicted molar refractivity (Wildman–Crippen MR) is 97.3 cm³/mol. The van der Waals surface area contributed by atoms with Crippen molar-refractivity contribution in [3.63, 3.8) is 0 Å². The van der Waals surface area contributed by atoms with E-state index in [0.717, 1.165) is 36.6 Å². The summed E-state index contributed by atoms with van der Waals surface area (Å²) < 4.78 is 28.3. The van der Waals surface area contributed by atoms with Crippen LogP contribution in [0.25, 0.3) is 10.9 Å². The third-order valence-corrected chi connectivity index (χ3v) is 7.65. The van der Waals surface area contributed by atoms with E-state index in [4.69, 9.17) is 0 Å². The zero-order chi connectivity index (χ0) is 18.5. The Hall–Kier alpha value is -1.99. The van der Waals surface area contributed by atoms with Crippen LogP contribution in [-0.4, -0.2) is 40.9 Å². The van der Waals surface area contributed by atoms with Crippen molar-refractivity contribution in [3.8, 4) is 0 Å². The summed E-state index contributed by atoms with van der Waals surface area (Å²) in [6.45, 7) is 1.90. The number of carboxylic acids is 1. The number of hydrogen-bond donors (Lipinski definition) is 1. The van der Waals surface area contributed by atoms with E-state index in [0.29, 0.717) is 11.9 Å². The number of carbonyl (C=O) groups is 1. The third-order valence-electron chi connectivity index (χ3n) is 5.68. The minimum atomic E-state index is -3.95. The average Bonchev–Trinajstić information content (AvgIpc) is 3.01. The molecule has 4 rings (SSSR count). The number of nitrogens with zero attached hydrogens (tertiary/aromatic N) is 2. The van der Waals surface area contributed by atoms with E-state index in [1.807, 2.05) is 19.1 Å². The highest BCUT2D eigenvalue weighted by molar-refractivity contribution is 7.89. The molecule has 1 aromatic carbocycles. The first-order valence-corrected chi connectivity index (χ1v) is 10.5. The second kappa shape index (κ2) is 6.32. The Balaban J connectivity index is 1.86. The molecule has 138 valence electrons. The summed E-state index contributed by atoms with van der Waals surface area (Å²) in [5, 5.41) is 10.4. The molecule has 1 aromatic heterocycles. The van der Waals surface area contributed by atoms with Crippen molar-refractivity contribution in [1.29, 1.82) is 0 Å². The molecule has 2 fully saturated rings. The van der Waals surface area contributed by atoms with Gasteiger partial charge < -0.3 is 5.11 Å². The summed E-state index contributed by atoms with van der Waals surface area (Å²) >= 11 is 0. The molecule has 26 heavy (non-hydrogen) atoms. The maximum atomic E-state index is 13.5. The molecule has 0 bridgehead atoms. The Kier molecular flexibility index (Phi) is 4.23. The number of rotatable bonds is 3. The van der Waals surface area contributed by atoms with E-state index >= 15 is 0 Å². The summed E-state index contributed by atoms with van der Waals surface area (Å²) in [4.78, 5) is 16.3. The zero-order valence-corrected chi connectivity index (χ0v) is 15.4. The highest BCUT2D eigenvalue weighted by Crippen LogP contribution is 2.43. The summed E-state index contributed by atoms with van der Waals surface area (Å²) in [6.07, 6.45) is 5.64. The van der Waals surface area contributed by atoms with Crippen LogP contribution in [0.15, 0.2) is 35.4 Å². The van der Waals surface area contributed by atoms with Crippen LogP contribution in [0.1, 0.15) is 37.7 Å². The Bertz CT molecular complexity index is 973. The fraction of sp³-hybridized carbons (Fsp3) is 0.474. The first-order chi connectivity index (χ1) is 12.4. The smallest absolute Gasteiger partial charge is 0.322 e. The molecule has 2 aromatic rings. The largest absolute Gasteiger partial charge is 0.480 e. The highest BCUT2D eigenvalue weighted by atomic mass is 32.2. The van der Waals surface area contributed by atoms with E-state index in [1.165, 1.54) is 10.4 Å². The number of sulfonamides is 1. The molecule has 3 unspecified atom stereocenters. The van der Waals surface area contributed by atoms with Crippen molar-refractivity contribution in [1.82, 2.24) is 9.29 Å². The van der Waals surface area contributed by atoms with Crippen LogP contribution in [0.4, 0.5) is 0 Å². The van der Waals surface area contributed by atoms with Crippen LogP contribution in [-0.2, 0) is 14.8 Å². The Morgan fingerprint density at radius 1 is 1.27 bits per heavy atom. The number of pyridine rings is 1. The maximum Gasteiger partial charge on any atom is 0.322 e. The van der Waals surface area contributed by atoms with E-state index in [1.54, 1.807) is 12.3 Å². The van der Waals surface area contributed by atoms with Gasteiger partial charge in [0.2, 0.25) is 10.0 Å². The normalized spacial score (nSPS) is 26.7. The summed E-state index contributed by atoms with van der Waals surface area (Å²) in [7, 11) is -3.95. The number of aryl methyl sites for hydroxylation is 1. The minimum Gasteiger partial charge on any atom is -0.480 e. The second-order valence-electron chi connectivity index (χ2n) is 7.38. The number of aromatic nitrogens is 1. The molecule has 2 heterocycles. The molecule has 3 atom stereocenters. The molecule has 1 aliphatic heterocycles. The molecule has 0 radical (unpaired) electrons. The van der Waals surface area contributed by atoms with Crippen molar-refractivity contribution in [2.45, 2.75) is 56.0 Å². The van der Waals surface area contributed by atoms with Gasteiger partial charge >= 0.3 is 5.97 Å². The number of para-hydroxylation sites is 1. The van der Waals surface area contributed by atoms with Crippen LogP contribution in [0, 0.1) is 12.8 Å². The molecule has 1 N–H and O–H groups in total. The summed E-state index contributed by atoms with van der Waals surface area (Å²) in [5.41, 5.74) is 1.35. The quantitative estimate of drug-likeness (QED) is 0.892. The number of fused-ring (bicyclic) bond motifs is 2. The Morgan fingerprint density at radius 3 is 2.81 bits per heavy atom. The number of hydrogen-bond acceptors (Lipinski definition) is 4. The molecule has 0 spiro atoms. The van der Waals surface area contributed by atoms with Crippen LogP contribution < -0.4 is 0 Å². The van der Waals surface area contributed by atoms with E-state index in [9.17, 15) is 18.3 Å². The van der Waals surface area contributed by atoms with Crippen LogP contribution in [0.3, 0.4) is 0 Å². The van der Waals surface area contributed by atoms with E-state index < -0.39 is 22.0 Å². The first-order valence-electron chi connectivity index (χ1n) is 9.01. The maximum absolute atomic E-state index is 13.5. The molecule has 6 nitrogen and oxygen atoms in total. The third kappa shape index (κ3) is 2.70. The Labute approximate surface area is 152 Å². The first kappa shape index (κ1) is 17.4. The van der Waals surface area contributed by atoms with Crippen molar-refractivity contribution in [2.75, 3.05) is 0 Å². The van der Waals surface area contributed by atoms with Gasteiger partial charge in [0.25, 0.3) is 0 Å². The Morgan fingerprint density at radius 2 is 2.04 bits per heavy atom. The molecular formula is C19H22N2O4S. The predicted octanol–water partition coefficient (Wildman–Crippen LogP) is 2.95. The van der Waals surface area contributed by atoms with Crippen molar-refractivity contribution in [2.24, 2.45) is 5.92 Å². The number of carboxylic acid groups (broad SMARTS) is 1. The lowest BCUT2D eigenvalue weighted by Gasteiger charge is -2.32. The van der Waals surface area contributed by atoms with Crippen LogP contribution >= 0.6 is 0 Å². The van der Waals surface area contributed by atoms with Gasteiger partial charge in [-0.15, -0.1) is 0 Å². The molecule has 2 aliphatic rings. The highest BCUT2D eigenvalue weighted by Gasteiger charge is 2.51. The number of benzene rings is 1. The van der Waals surface area contributed by atoms with E-state index in [2.05, 4.69) is 4.98 Å². The monoisotopic (exact) mass is 374 g/mol. The van der Waals surface area contributed by atoms with Gasteiger partial charge in [0.05, 0.1) is 5.52 Å². The average molecular weight is 374 g/mol. The van der Waals surface area contributed by atoms with Gasteiger partial charge in [0.1, 0.15) is 10.9 Å². The van der Waals surface area contributed by atoms with Gasteiger partial charge in [0.15, 0.2) is 0 Å². The van der Waals surface area contributed by atoms with Crippen LogP contribution in [0.2, 0.25) is 0 Å². The van der Waals surface area contributed by atoms with E-state index in [-0.39, 0.29) is 16.9 Å². The molecular weight excluding hydrogens is 352 g/mol. The van der Waals surface area contributed by atoms with Gasteiger partial charge in [0, 0.05) is 17.6 Å².